The summed E-state index contributed by atoms with van der Waals surface area (Å²) >= 11 is 0. The van der Waals surface area contributed by atoms with Crippen molar-refractivity contribution in [2.45, 2.75) is 11.8 Å². The summed E-state index contributed by atoms with van der Waals surface area (Å²) in [6.07, 6.45) is 5.04. The van der Waals surface area contributed by atoms with E-state index in [0.29, 0.717) is 11.4 Å². The number of nitrogens with one attached hydrogen (secondary N) is 2. The fourth-order valence-electron chi connectivity index (χ4n) is 4.16. The van der Waals surface area contributed by atoms with Crippen molar-refractivity contribution in [2.75, 3.05) is 5.32 Å². The first kappa shape index (κ1) is 18.1. The zero-order valence-corrected chi connectivity index (χ0v) is 16.4. The minimum atomic E-state index is -0.289. The quantitative estimate of drug-likeness (QED) is 0.501. The van der Waals surface area contributed by atoms with Crippen LogP contribution >= 0.6 is 0 Å². The number of aromatic amines is 1. The largest absolute Gasteiger partial charge is 0.305 e. The van der Waals surface area contributed by atoms with Crippen molar-refractivity contribution in [3.8, 4) is 0 Å². The third-order valence-electron chi connectivity index (χ3n) is 5.72. The van der Waals surface area contributed by atoms with E-state index in [-0.39, 0.29) is 11.3 Å². The first-order chi connectivity index (χ1) is 14.8. The highest BCUT2D eigenvalue weighted by atomic mass is 16.1. The van der Waals surface area contributed by atoms with Gasteiger partial charge in [0.05, 0.1) is 0 Å². The molecular formula is C26H21N3O. The van der Waals surface area contributed by atoms with E-state index in [2.05, 4.69) is 76.2 Å². The van der Waals surface area contributed by atoms with Gasteiger partial charge >= 0.3 is 0 Å². The van der Waals surface area contributed by atoms with Gasteiger partial charge in [0.15, 0.2) is 5.82 Å². The fraction of sp³-hybridized carbons (Fsp3) is 0.0769. The number of allylic oxidation sites excluding steroid dienone is 1. The molecule has 4 heteroatoms. The van der Waals surface area contributed by atoms with E-state index in [1.165, 1.54) is 11.1 Å². The zero-order chi connectivity index (χ0) is 20.4. The summed E-state index contributed by atoms with van der Waals surface area (Å²) in [5, 5.41) is 10.5. The Morgan fingerprint density at radius 3 is 2.00 bits per heavy atom. The van der Waals surface area contributed by atoms with Crippen molar-refractivity contribution >= 4 is 17.8 Å². The van der Waals surface area contributed by atoms with Gasteiger partial charge in [0.2, 0.25) is 0 Å². The molecule has 0 bridgehead atoms. The van der Waals surface area contributed by atoms with E-state index in [1.54, 1.807) is 12.1 Å². The molecule has 3 aromatic carbocycles. The maximum absolute atomic E-state index is 12.6. The molecule has 0 atom stereocenters. The summed E-state index contributed by atoms with van der Waals surface area (Å²) in [5.74, 6) is 0.395. The second-order valence-electron chi connectivity index (χ2n) is 7.50. The Hall–Kier alpha value is -3.92. The molecule has 1 aromatic heterocycles. The molecule has 0 unspecified atom stereocenters. The van der Waals surface area contributed by atoms with Crippen LogP contribution in [0.3, 0.4) is 0 Å². The zero-order valence-electron chi connectivity index (χ0n) is 16.4. The number of fused-ring (bicyclic) bond motifs is 1. The van der Waals surface area contributed by atoms with E-state index in [1.807, 2.05) is 30.3 Å². The van der Waals surface area contributed by atoms with Gasteiger partial charge in [0.25, 0.3) is 5.91 Å². The van der Waals surface area contributed by atoms with Crippen LogP contribution in [0.15, 0.2) is 97.1 Å². The SMILES string of the molecule is O=C(Nc1n[nH]c2c1C=CC(c1ccccc1)(c1ccccc1)C2)c1ccccc1. The summed E-state index contributed by atoms with van der Waals surface area (Å²) in [5.41, 5.74) is 4.71. The smallest absolute Gasteiger partial charge is 0.256 e. The van der Waals surface area contributed by atoms with E-state index < -0.39 is 0 Å². The molecule has 1 amide bonds. The lowest BCUT2D eigenvalue weighted by Crippen LogP contribution is -2.30. The molecule has 146 valence electrons. The molecule has 0 spiro atoms. The van der Waals surface area contributed by atoms with Gasteiger partial charge in [-0.1, -0.05) is 91.0 Å². The molecule has 0 saturated heterocycles. The maximum atomic E-state index is 12.6. The molecule has 0 radical (unpaired) electrons. The van der Waals surface area contributed by atoms with Crippen LogP contribution in [-0.4, -0.2) is 16.1 Å². The highest BCUT2D eigenvalue weighted by Gasteiger charge is 2.36. The number of amides is 1. The normalized spacial score (nSPS) is 14.1. The van der Waals surface area contributed by atoms with Crippen LogP contribution in [0, 0.1) is 0 Å². The van der Waals surface area contributed by atoms with E-state index in [9.17, 15) is 4.79 Å². The van der Waals surface area contributed by atoms with E-state index in [4.69, 9.17) is 0 Å². The van der Waals surface area contributed by atoms with Gasteiger partial charge in [-0.05, 0) is 23.3 Å². The molecule has 0 saturated carbocycles. The van der Waals surface area contributed by atoms with Gasteiger partial charge in [-0.2, -0.15) is 5.10 Å². The molecular weight excluding hydrogens is 370 g/mol. The first-order valence-electron chi connectivity index (χ1n) is 10.0. The third-order valence-corrected chi connectivity index (χ3v) is 5.72. The van der Waals surface area contributed by atoms with Crippen LogP contribution in [0.4, 0.5) is 5.82 Å². The Morgan fingerprint density at radius 1 is 0.833 bits per heavy atom. The predicted octanol–water partition coefficient (Wildman–Crippen LogP) is 5.22. The van der Waals surface area contributed by atoms with Crippen molar-refractivity contribution < 1.29 is 4.79 Å². The lowest BCUT2D eigenvalue weighted by Gasteiger charge is -2.34. The Morgan fingerprint density at radius 2 is 1.40 bits per heavy atom. The van der Waals surface area contributed by atoms with Crippen molar-refractivity contribution in [1.82, 2.24) is 10.2 Å². The number of hydrogen-bond donors (Lipinski definition) is 2. The number of nitrogens with zero attached hydrogens (tertiary/aromatic N) is 1. The number of anilines is 1. The molecule has 0 fully saturated rings. The van der Waals surface area contributed by atoms with Gasteiger partial charge in [-0.15, -0.1) is 0 Å². The van der Waals surface area contributed by atoms with Crippen LogP contribution in [-0.2, 0) is 11.8 Å². The lowest BCUT2D eigenvalue weighted by molar-refractivity contribution is 0.102. The lowest BCUT2D eigenvalue weighted by atomic mass is 9.68. The minimum absolute atomic E-state index is 0.166. The van der Waals surface area contributed by atoms with Gasteiger partial charge in [-0.3, -0.25) is 9.89 Å². The van der Waals surface area contributed by atoms with Crippen molar-refractivity contribution in [3.63, 3.8) is 0 Å². The van der Waals surface area contributed by atoms with Crippen LogP contribution < -0.4 is 5.32 Å². The Kier molecular flexibility index (Phi) is 4.52. The number of carbonyl (C=O) groups excluding carboxylic acids is 1. The topological polar surface area (TPSA) is 57.8 Å². The first-order valence-corrected chi connectivity index (χ1v) is 10.0. The van der Waals surface area contributed by atoms with Crippen molar-refractivity contribution in [2.24, 2.45) is 0 Å². The summed E-state index contributed by atoms with van der Waals surface area (Å²) in [6, 6.07) is 30.2. The fourth-order valence-corrected chi connectivity index (χ4v) is 4.16. The molecule has 4 aromatic rings. The second kappa shape index (κ2) is 7.48. The van der Waals surface area contributed by atoms with Gasteiger partial charge in [0, 0.05) is 28.7 Å². The van der Waals surface area contributed by atoms with Crippen molar-refractivity contribution in [3.05, 3.63) is 125 Å². The Bertz CT molecular complexity index is 1160. The third kappa shape index (κ3) is 3.12. The number of rotatable bonds is 4. The highest BCUT2D eigenvalue weighted by Crippen LogP contribution is 2.42. The molecule has 30 heavy (non-hydrogen) atoms. The number of H-pyrrole nitrogens is 1. The Labute approximate surface area is 175 Å². The van der Waals surface area contributed by atoms with Crippen LogP contribution in [0.2, 0.25) is 0 Å². The highest BCUT2D eigenvalue weighted by molar-refractivity contribution is 6.04. The molecule has 5 rings (SSSR count). The molecule has 1 heterocycles. The summed E-state index contributed by atoms with van der Waals surface area (Å²) in [6.45, 7) is 0. The summed E-state index contributed by atoms with van der Waals surface area (Å²) in [7, 11) is 0. The number of aromatic nitrogens is 2. The standard InChI is InChI=1S/C26H21N3O/c30-25(19-10-4-1-5-11-19)27-24-22-16-17-26(18-23(22)28-29-24,20-12-6-2-7-13-20)21-14-8-3-9-15-21/h1-17H,18H2,(H2,27,28,29,30). The predicted molar refractivity (Wildman–Crippen MR) is 119 cm³/mol. The van der Waals surface area contributed by atoms with Crippen LogP contribution in [0.1, 0.15) is 32.7 Å². The molecule has 1 aliphatic rings. The van der Waals surface area contributed by atoms with Gasteiger partial charge in [0.1, 0.15) is 0 Å². The number of hydrogen-bond acceptors (Lipinski definition) is 2. The van der Waals surface area contributed by atoms with Gasteiger partial charge in [-0.25, -0.2) is 0 Å². The molecule has 2 N–H and O–H groups in total. The minimum Gasteiger partial charge on any atom is -0.305 e. The van der Waals surface area contributed by atoms with E-state index >= 15 is 0 Å². The molecule has 0 aliphatic heterocycles. The average Bonchev–Trinajstić information content (AvgIpc) is 3.22. The van der Waals surface area contributed by atoms with Crippen molar-refractivity contribution in [1.29, 1.82) is 0 Å². The second-order valence-corrected chi connectivity index (χ2v) is 7.50. The summed E-state index contributed by atoms with van der Waals surface area (Å²) < 4.78 is 0. The van der Waals surface area contributed by atoms with Crippen LogP contribution in [0.25, 0.3) is 6.08 Å². The number of benzene rings is 3. The monoisotopic (exact) mass is 391 g/mol. The average molecular weight is 391 g/mol. The number of carbonyl (C=O) groups is 1. The maximum Gasteiger partial charge on any atom is 0.256 e. The summed E-state index contributed by atoms with van der Waals surface area (Å²) in [4.78, 5) is 12.6. The molecule has 1 aliphatic carbocycles. The molecule has 4 nitrogen and oxygen atoms in total. The van der Waals surface area contributed by atoms with E-state index in [0.717, 1.165) is 17.7 Å². The Balaban J connectivity index is 1.52. The van der Waals surface area contributed by atoms with Crippen LogP contribution in [0.5, 0.6) is 0 Å². The van der Waals surface area contributed by atoms with Gasteiger partial charge < -0.3 is 5.32 Å².